The maximum absolute atomic E-state index is 11.9. The number of aliphatic hydroxyl groups is 1. The fourth-order valence-corrected chi connectivity index (χ4v) is 4.14. The number of benzene rings is 2. The van der Waals surface area contributed by atoms with Gasteiger partial charge in [-0.1, -0.05) is 36.4 Å². The van der Waals surface area contributed by atoms with Crippen molar-refractivity contribution in [2.45, 2.75) is 12.6 Å². The largest absolute Gasteiger partial charge is 0.389 e. The molecule has 1 atom stereocenters. The van der Waals surface area contributed by atoms with E-state index in [9.17, 15) is 13.5 Å². The number of aromatic nitrogens is 1. The van der Waals surface area contributed by atoms with E-state index in [0.717, 1.165) is 26.1 Å². The fraction of sp³-hybridized carbons (Fsp3) is 0.167. The van der Waals surface area contributed by atoms with Crippen LogP contribution in [-0.2, 0) is 16.8 Å². The van der Waals surface area contributed by atoms with Gasteiger partial charge in [-0.25, -0.2) is 0 Å². The standard InChI is InChI=1S/C18H17N3O3S/c22-14(12-20-11-5-10-19-25(20,23)24)13-21-17-8-3-1-6-15(17)16-7-2-4-9-18(16)21/h1-11,14,22H,12-13H2. The number of aliphatic hydroxyl groups excluding tert-OH is 1. The van der Waals surface area contributed by atoms with E-state index in [1.165, 1.54) is 18.5 Å². The van der Waals surface area contributed by atoms with Crippen molar-refractivity contribution in [3.63, 3.8) is 0 Å². The highest BCUT2D eigenvalue weighted by atomic mass is 32.2. The maximum Gasteiger partial charge on any atom is 0.344 e. The van der Waals surface area contributed by atoms with Crippen LogP contribution in [0.15, 0.2) is 65.2 Å². The SMILES string of the molecule is O=S1(=O)N=CC=CN1CC(O)Cn1c2ccccc2c2ccccc21. The van der Waals surface area contributed by atoms with E-state index in [1.54, 1.807) is 0 Å². The fourth-order valence-electron chi connectivity index (χ4n) is 3.22. The van der Waals surface area contributed by atoms with Crippen LogP contribution < -0.4 is 0 Å². The van der Waals surface area contributed by atoms with Crippen LogP contribution in [0.25, 0.3) is 21.8 Å². The molecule has 4 rings (SSSR count). The lowest BCUT2D eigenvalue weighted by Crippen LogP contribution is -2.35. The summed E-state index contributed by atoms with van der Waals surface area (Å²) in [5.74, 6) is 0. The number of allylic oxidation sites excluding steroid dienone is 1. The van der Waals surface area contributed by atoms with Crippen molar-refractivity contribution in [1.82, 2.24) is 8.87 Å². The first-order valence-corrected chi connectivity index (χ1v) is 9.34. The number of β-amino-alcohol motifs (C(OH)–C–C–N with tert-alkyl or cyclic N) is 1. The van der Waals surface area contributed by atoms with Gasteiger partial charge in [0.25, 0.3) is 0 Å². The van der Waals surface area contributed by atoms with Crippen LogP contribution in [0.5, 0.6) is 0 Å². The van der Waals surface area contributed by atoms with Crippen LogP contribution in [0.3, 0.4) is 0 Å². The first-order chi connectivity index (χ1) is 12.1. The van der Waals surface area contributed by atoms with Gasteiger partial charge in [-0.3, -0.25) is 4.31 Å². The lowest BCUT2D eigenvalue weighted by atomic mass is 10.2. The molecule has 0 saturated carbocycles. The molecule has 0 spiro atoms. The summed E-state index contributed by atoms with van der Waals surface area (Å²) in [6.45, 7) is 0.245. The highest BCUT2D eigenvalue weighted by Gasteiger charge is 2.23. The van der Waals surface area contributed by atoms with Crippen LogP contribution in [0.1, 0.15) is 0 Å². The Hall–Kier alpha value is -2.64. The Labute approximate surface area is 145 Å². The normalized spacial score (nSPS) is 17.4. The second-order valence-electron chi connectivity index (χ2n) is 5.94. The smallest absolute Gasteiger partial charge is 0.344 e. The second-order valence-corrected chi connectivity index (χ2v) is 7.52. The lowest BCUT2D eigenvalue weighted by Gasteiger charge is -2.23. The van der Waals surface area contributed by atoms with Crippen LogP contribution >= 0.6 is 0 Å². The Morgan fingerprint density at radius 1 is 0.960 bits per heavy atom. The number of hydrogen-bond acceptors (Lipinski definition) is 3. The molecule has 1 aliphatic rings. The minimum absolute atomic E-state index is 0.0446. The van der Waals surface area contributed by atoms with Crippen molar-refractivity contribution in [1.29, 1.82) is 0 Å². The zero-order valence-corrected chi connectivity index (χ0v) is 14.2. The van der Waals surface area contributed by atoms with Gasteiger partial charge in [0.05, 0.1) is 19.2 Å². The van der Waals surface area contributed by atoms with E-state index in [2.05, 4.69) is 4.40 Å². The van der Waals surface area contributed by atoms with E-state index < -0.39 is 16.3 Å². The summed E-state index contributed by atoms with van der Waals surface area (Å²) in [4.78, 5) is 0. The summed E-state index contributed by atoms with van der Waals surface area (Å²) >= 11 is 0. The summed E-state index contributed by atoms with van der Waals surface area (Å²) in [7, 11) is -3.74. The lowest BCUT2D eigenvalue weighted by molar-refractivity contribution is 0.140. The van der Waals surface area contributed by atoms with Crippen molar-refractivity contribution >= 4 is 38.2 Å². The monoisotopic (exact) mass is 355 g/mol. The summed E-state index contributed by atoms with van der Waals surface area (Å²) < 4.78 is 30.4. The molecule has 6 nitrogen and oxygen atoms in total. The molecule has 0 aliphatic carbocycles. The van der Waals surface area contributed by atoms with Gasteiger partial charge in [-0.2, -0.15) is 12.8 Å². The van der Waals surface area contributed by atoms with Gasteiger partial charge in [-0.05, 0) is 18.2 Å². The summed E-state index contributed by atoms with van der Waals surface area (Å²) in [5, 5.41) is 12.7. The zero-order chi connectivity index (χ0) is 17.4. The maximum atomic E-state index is 11.9. The molecule has 0 fully saturated rings. The topological polar surface area (TPSA) is 74.9 Å². The Kier molecular flexibility index (Phi) is 3.82. The van der Waals surface area contributed by atoms with Crippen LogP contribution in [0.4, 0.5) is 0 Å². The molecule has 1 aliphatic heterocycles. The minimum atomic E-state index is -3.74. The summed E-state index contributed by atoms with van der Waals surface area (Å²) in [6.07, 6.45) is 3.31. The third-order valence-electron chi connectivity index (χ3n) is 4.29. The van der Waals surface area contributed by atoms with Gasteiger partial charge in [0.2, 0.25) is 0 Å². The van der Waals surface area contributed by atoms with Gasteiger partial charge in [0.1, 0.15) is 0 Å². The number of rotatable bonds is 4. The van der Waals surface area contributed by atoms with Gasteiger partial charge in [-0.15, -0.1) is 0 Å². The molecule has 1 aromatic heterocycles. The molecule has 3 aromatic rings. The second kappa shape index (κ2) is 6.02. The van der Waals surface area contributed by atoms with E-state index in [4.69, 9.17) is 0 Å². The molecular weight excluding hydrogens is 338 g/mol. The average Bonchev–Trinajstić information content (AvgIpc) is 2.91. The number of nitrogens with zero attached hydrogens (tertiary/aromatic N) is 3. The number of para-hydroxylation sites is 2. The molecule has 1 unspecified atom stereocenters. The van der Waals surface area contributed by atoms with Crippen molar-refractivity contribution in [3.8, 4) is 0 Å². The summed E-state index contributed by atoms with van der Waals surface area (Å²) in [5.41, 5.74) is 2.02. The van der Waals surface area contributed by atoms with Gasteiger partial charge >= 0.3 is 10.2 Å². The molecule has 0 amide bonds. The highest BCUT2D eigenvalue weighted by Crippen LogP contribution is 2.29. The molecule has 2 aromatic carbocycles. The van der Waals surface area contributed by atoms with E-state index >= 15 is 0 Å². The van der Waals surface area contributed by atoms with Crippen molar-refractivity contribution in [3.05, 3.63) is 60.8 Å². The van der Waals surface area contributed by atoms with Crippen LogP contribution in [0, 0.1) is 0 Å². The van der Waals surface area contributed by atoms with Crippen LogP contribution in [0.2, 0.25) is 0 Å². The highest BCUT2D eigenvalue weighted by molar-refractivity contribution is 7.88. The zero-order valence-electron chi connectivity index (χ0n) is 13.4. The number of hydrogen-bond donors (Lipinski definition) is 1. The van der Waals surface area contributed by atoms with Gasteiger partial charge in [0, 0.05) is 34.2 Å². The molecule has 0 saturated heterocycles. The van der Waals surface area contributed by atoms with Crippen molar-refractivity contribution < 1.29 is 13.5 Å². The van der Waals surface area contributed by atoms with Gasteiger partial charge in [0.15, 0.2) is 0 Å². The Bertz CT molecular complexity index is 1050. The quantitative estimate of drug-likeness (QED) is 0.780. The van der Waals surface area contributed by atoms with E-state index in [-0.39, 0.29) is 13.1 Å². The Morgan fingerprint density at radius 3 is 2.16 bits per heavy atom. The molecule has 7 heteroatoms. The predicted molar refractivity (Wildman–Crippen MR) is 98.7 cm³/mol. The first kappa shape index (κ1) is 15.9. The molecule has 25 heavy (non-hydrogen) atoms. The average molecular weight is 355 g/mol. The van der Waals surface area contributed by atoms with E-state index in [1.807, 2.05) is 53.1 Å². The molecular formula is C18H17N3O3S. The molecule has 0 radical (unpaired) electrons. The summed E-state index contributed by atoms with van der Waals surface area (Å²) in [6, 6.07) is 16.0. The van der Waals surface area contributed by atoms with Crippen LogP contribution in [-0.4, -0.2) is 41.3 Å². The van der Waals surface area contributed by atoms with Gasteiger partial charge < -0.3 is 9.67 Å². The predicted octanol–water partition coefficient (Wildman–Crippen LogP) is 2.30. The molecule has 128 valence electrons. The molecule has 2 heterocycles. The molecule has 1 N–H and O–H groups in total. The first-order valence-electron chi connectivity index (χ1n) is 7.94. The van der Waals surface area contributed by atoms with Crippen molar-refractivity contribution in [2.24, 2.45) is 4.40 Å². The molecule has 0 bridgehead atoms. The minimum Gasteiger partial charge on any atom is -0.389 e. The number of fused-ring (bicyclic) bond motifs is 3. The third-order valence-corrected chi connectivity index (χ3v) is 5.54. The van der Waals surface area contributed by atoms with E-state index in [0.29, 0.717) is 0 Å². The third kappa shape index (κ3) is 2.81. The van der Waals surface area contributed by atoms with Crippen molar-refractivity contribution in [2.75, 3.05) is 6.54 Å². The Morgan fingerprint density at radius 2 is 1.56 bits per heavy atom. The Balaban J connectivity index is 1.68.